The molecule has 1 aromatic rings. The highest BCUT2D eigenvalue weighted by atomic mass is 32.1. The molecule has 0 saturated carbocycles. The molecule has 0 amide bonds. The van der Waals surface area contributed by atoms with E-state index in [1.807, 2.05) is 24.3 Å². The van der Waals surface area contributed by atoms with Crippen LogP contribution in [-0.4, -0.2) is 18.0 Å². The molecule has 1 atom stereocenters. The van der Waals surface area contributed by atoms with E-state index >= 15 is 0 Å². The molecule has 0 aliphatic carbocycles. The van der Waals surface area contributed by atoms with Crippen molar-refractivity contribution in [3.63, 3.8) is 0 Å². The fourth-order valence-corrected chi connectivity index (χ4v) is 4.22. The first kappa shape index (κ1) is 30.5. The zero-order chi connectivity index (χ0) is 24.9. The van der Waals surface area contributed by atoms with E-state index in [1.54, 1.807) is 0 Å². The van der Waals surface area contributed by atoms with Crippen molar-refractivity contribution < 1.29 is 19.1 Å². The molecular weight excluding hydrogens is 444 g/mol. The molecule has 0 saturated heterocycles. The normalized spacial score (nSPS) is 11.9. The Bertz CT molecular complexity index is 644. The summed E-state index contributed by atoms with van der Waals surface area (Å²) in [6, 6.07) is 7.45. The average molecular weight is 493 g/mol. The van der Waals surface area contributed by atoms with Crippen LogP contribution in [-0.2, 0) is 20.1 Å². The Morgan fingerprint density at radius 3 is 1.85 bits per heavy atom. The molecule has 0 aliphatic rings. The minimum atomic E-state index is -0.189. The van der Waals surface area contributed by atoms with Gasteiger partial charge in [-0.05, 0) is 49.8 Å². The number of carbonyl (C=O) groups is 2. The molecule has 0 heterocycles. The third kappa shape index (κ3) is 16.2. The van der Waals surface area contributed by atoms with Gasteiger partial charge >= 0.3 is 11.9 Å². The Balaban J connectivity index is 2.09. The average Bonchev–Trinajstić information content (AvgIpc) is 2.84. The number of hydrogen-bond acceptors (Lipinski definition) is 5. The van der Waals surface area contributed by atoms with Gasteiger partial charge in [0, 0.05) is 18.6 Å². The number of carbonyl (C=O) groups excluding carboxylic acids is 2. The van der Waals surface area contributed by atoms with E-state index in [1.165, 1.54) is 32.1 Å². The Labute approximate surface area is 214 Å². The molecule has 0 fully saturated rings. The first-order chi connectivity index (χ1) is 16.6. The minimum absolute atomic E-state index is 0.0420. The summed E-state index contributed by atoms with van der Waals surface area (Å²) in [5.74, 6) is 1.03. The maximum Gasteiger partial charge on any atom is 0.311 e. The number of thiol groups is 1. The Morgan fingerprint density at radius 2 is 1.24 bits per heavy atom. The summed E-state index contributed by atoms with van der Waals surface area (Å²) in [6.07, 6.45) is 17.6. The molecule has 1 rings (SSSR count). The summed E-state index contributed by atoms with van der Waals surface area (Å²) in [5, 5.41) is 0. The predicted octanol–water partition coefficient (Wildman–Crippen LogP) is 8.61. The van der Waals surface area contributed by atoms with Gasteiger partial charge in [0.2, 0.25) is 0 Å². The van der Waals surface area contributed by atoms with Gasteiger partial charge in [-0.1, -0.05) is 90.2 Å². The monoisotopic (exact) mass is 492 g/mol. The highest BCUT2D eigenvalue weighted by Gasteiger charge is 2.14. The molecular formula is C29H48O4S. The number of hydrogen-bond donors (Lipinski definition) is 1. The third-order valence-corrected chi connectivity index (χ3v) is 6.52. The molecule has 34 heavy (non-hydrogen) atoms. The Hall–Kier alpha value is -1.49. The van der Waals surface area contributed by atoms with Gasteiger partial charge < -0.3 is 9.47 Å². The van der Waals surface area contributed by atoms with E-state index in [2.05, 4.69) is 26.5 Å². The maximum absolute atomic E-state index is 12.3. The summed E-state index contributed by atoms with van der Waals surface area (Å²) in [4.78, 5) is 24.3. The van der Waals surface area contributed by atoms with Crippen molar-refractivity contribution in [2.24, 2.45) is 0 Å². The quantitative estimate of drug-likeness (QED) is 0.0807. The van der Waals surface area contributed by atoms with Crippen LogP contribution in [0.25, 0.3) is 0 Å². The van der Waals surface area contributed by atoms with Crippen LogP contribution in [0.5, 0.6) is 5.75 Å². The zero-order valence-electron chi connectivity index (χ0n) is 21.7. The van der Waals surface area contributed by atoms with Crippen LogP contribution in [0, 0.1) is 0 Å². The lowest BCUT2D eigenvalue weighted by molar-refractivity contribution is -0.150. The summed E-state index contributed by atoms with van der Waals surface area (Å²) < 4.78 is 11.2. The molecule has 0 radical (unpaired) electrons. The van der Waals surface area contributed by atoms with Gasteiger partial charge in [0.15, 0.2) is 0 Å². The van der Waals surface area contributed by atoms with E-state index in [0.717, 1.165) is 69.8 Å². The van der Waals surface area contributed by atoms with Gasteiger partial charge in [-0.25, -0.2) is 0 Å². The summed E-state index contributed by atoms with van der Waals surface area (Å²) in [7, 11) is 0. The van der Waals surface area contributed by atoms with Crippen LogP contribution in [0.15, 0.2) is 24.3 Å². The highest BCUT2D eigenvalue weighted by molar-refractivity contribution is 7.79. The lowest BCUT2D eigenvalue weighted by Crippen LogP contribution is -2.18. The molecule has 1 aromatic carbocycles. The number of benzene rings is 1. The number of unbranched alkanes of at least 4 members (excludes halogenated alkanes) is 10. The second-order valence-corrected chi connectivity index (χ2v) is 9.67. The highest BCUT2D eigenvalue weighted by Crippen LogP contribution is 2.18. The van der Waals surface area contributed by atoms with Gasteiger partial charge in [-0.15, -0.1) is 0 Å². The summed E-state index contributed by atoms with van der Waals surface area (Å²) in [5.41, 5.74) is 1.10. The fraction of sp³-hybridized carbons (Fsp3) is 0.724. The second kappa shape index (κ2) is 20.8. The third-order valence-electron chi connectivity index (χ3n) is 6.16. The summed E-state index contributed by atoms with van der Waals surface area (Å²) >= 11 is 4.22. The van der Waals surface area contributed by atoms with Crippen LogP contribution >= 0.6 is 12.6 Å². The zero-order valence-corrected chi connectivity index (χ0v) is 22.6. The molecule has 0 N–H and O–H groups in total. The molecule has 4 nitrogen and oxygen atoms in total. The number of rotatable bonds is 21. The second-order valence-electron chi connectivity index (χ2n) is 9.35. The first-order valence-corrected chi connectivity index (χ1v) is 14.3. The van der Waals surface area contributed by atoms with Crippen molar-refractivity contribution in [2.75, 3.05) is 0 Å². The van der Waals surface area contributed by atoms with Crippen molar-refractivity contribution in [3.8, 4) is 5.75 Å². The largest absolute Gasteiger partial charge is 0.462 e. The molecule has 194 valence electrons. The van der Waals surface area contributed by atoms with E-state index in [9.17, 15) is 9.59 Å². The van der Waals surface area contributed by atoms with E-state index in [-0.39, 0.29) is 18.0 Å². The molecule has 5 heteroatoms. The lowest BCUT2D eigenvalue weighted by atomic mass is 10.0. The molecule has 0 aromatic heterocycles. The Kier molecular flexibility index (Phi) is 18.7. The van der Waals surface area contributed by atoms with E-state index < -0.39 is 0 Å². The topological polar surface area (TPSA) is 52.6 Å². The standard InChI is InChI=1S/C29H48O4S/c1-3-5-7-8-10-13-17-26(16-6-4-2)32-28(30)18-14-11-9-12-15-19-29(31)33-27-22-20-25(24-34)21-23-27/h20-23,26,34H,3-19,24H2,1-2H3. The van der Waals surface area contributed by atoms with E-state index in [0.29, 0.717) is 24.3 Å². The molecule has 0 aliphatic heterocycles. The summed E-state index contributed by atoms with van der Waals surface area (Å²) in [6.45, 7) is 4.42. The van der Waals surface area contributed by atoms with Gasteiger partial charge in [0.1, 0.15) is 11.9 Å². The minimum Gasteiger partial charge on any atom is -0.462 e. The van der Waals surface area contributed by atoms with Crippen molar-refractivity contribution in [1.29, 1.82) is 0 Å². The number of esters is 2. The van der Waals surface area contributed by atoms with Gasteiger partial charge in [-0.2, -0.15) is 12.6 Å². The molecule has 0 spiro atoms. The number of ether oxygens (including phenoxy) is 2. The van der Waals surface area contributed by atoms with Crippen LogP contribution in [0.3, 0.4) is 0 Å². The maximum atomic E-state index is 12.3. The fourth-order valence-electron chi connectivity index (χ4n) is 4.01. The van der Waals surface area contributed by atoms with Gasteiger partial charge in [-0.3, -0.25) is 9.59 Å². The van der Waals surface area contributed by atoms with Crippen LogP contribution in [0.2, 0.25) is 0 Å². The van der Waals surface area contributed by atoms with Crippen molar-refractivity contribution in [2.45, 2.75) is 135 Å². The smallest absolute Gasteiger partial charge is 0.311 e. The van der Waals surface area contributed by atoms with Crippen LogP contribution < -0.4 is 4.74 Å². The van der Waals surface area contributed by atoms with Gasteiger partial charge in [0.05, 0.1) is 0 Å². The van der Waals surface area contributed by atoms with Crippen molar-refractivity contribution in [1.82, 2.24) is 0 Å². The van der Waals surface area contributed by atoms with Gasteiger partial charge in [0.25, 0.3) is 0 Å². The molecule has 1 unspecified atom stereocenters. The molecule has 0 bridgehead atoms. The Morgan fingerprint density at radius 1 is 0.706 bits per heavy atom. The first-order valence-electron chi connectivity index (χ1n) is 13.7. The lowest BCUT2D eigenvalue weighted by Gasteiger charge is -2.18. The SMILES string of the molecule is CCCCCCCCC(CCCC)OC(=O)CCCCCCCC(=O)Oc1ccc(CS)cc1. The van der Waals surface area contributed by atoms with E-state index in [4.69, 9.17) is 9.47 Å². The van der Waals surface area contributed by atoms with Crippen molar-refractivity contribution >= 4 is 24.6 Å². The van der Waals surface area contributed by atoms with Crippen molar-refractivity contribution in [3.05, 3.63) is 29.8 Å². The van der Waals surface area contributed by atoms with Crippen LogP contribution in [0.1, 0.15) is 129 Å². The van der Waals surface area contributed by atoms with Crippen LogP contribution in [0.4, 0.5) is 0 Å². The predicted molar refractivity (Wildman–Crippen MR) is 144 cm³/mol.